The van der Waals surface area contributed by atoms with Crippen molar-refractivity contribution in [2.24, 2.45) is 0 Å². The maximum absolute atomic E-state index is 10.2. The molecule has 0 atom stereocenters. The lowest BCUT2D eigenvalue weighted by Gasteiger charge is -2.37. The number of aromatic nitrogens is 3. The summed E-state index contributed by atoms with van der Waals surface area (Å²) in [4.78, 5) is 10.2. The Kier molecular flexibility index (Phi) is 4.57. The zero-order chi connectivity index (χ0) is 21.7. The predicted molar refractivity (Wildman–Crippen MR) is 122 cm³/mol. The van der Waals surface area contributed by atoms with Crippen molar-refractivity contribution in [3.05, 3.63) is 60.1 Å². The van der Waals surface area contributed by atoms with E-state index in [0.29, 0.717) is 0 Å². The summed E-state index contributed by atoms with van der Waals surface area (Å²) in [6.45, 7) is 3.04. The van der Waals surface area contributed by atoms with Crippen LogP contribution < -0.4 is 9.47 Å². The van der Waals surface area contributed by atoms with Crippen molar-refractivity contribution in [2.45, 2.75) is 57.1 Å². The monoisotopic (exact) mass is 429 g/mol. The van der Waals surface area contributed by atoms with Gasteiger partial charge in [-0.3, -0.25) is 4.98 Å². The van der Waals surface area contributed by atoms with Crippen LogP contribution >= 0.6 is 0 Å². The molecule has 1 N–H and O–H groups in total. The van der Waals surface area contributed by atoms with Gasteiger partial charge in [0.2, 0.25) is 6.79 Å². The highest BCUT2D eigenvalue weighted by Gasteiger charge is 2.41. The number of imidazole rings is 1. The zero-order valence-electron chi connectivity index (χ0n) is 18.3. The largest absolute Gasteiger partial charge is 0.454 e. The SMILES string of the molecule is Cc1cccc(-c2c(-c3ccc4c(c3)OCO4)nc3n2CC=CC[C@]32CC[C@@H](O)CC2)n1. The van der Waals surface area contributed by atoms with Gasteiger partial charge in [-0.1, -0.05) is 18.2 Å². The third-order valence-corrected chi connectivity index (χ3v) is 7.09. The minimum atomic E-state index is -0.206. The quantitative estimate of drug-likeness (QED) is 0.594. The van der Waals surface area contributed by atoms with E-state index < -0.39 is 0 Å². The van der Waals surface area contributed by atoms with E-state index in [-0.39, 0.29) is 18.3 Å². The van der Waals surface area contributed by atoms with E-state index in [1.807, 2.05) is 25.1 Å². The lowest BCUT2D eigenvalue weighted by Crippen LogP contribution is -2.35. The maximum Gasteiger partial charge on any atom is 0.231 e. The number of aliphatic hydroxyl groups is 1. The Morgan fingerprint density at radius 3 is 2.72 bits per heavy atom. The molecule has 0 bridgehead atoms. The molecule has 2 aromatic heterocycles. The fraction of sp³-hybridized carbons (Fsp3) is 0.385. The van der Waals surface area contributed by atoms with Gasteiger partial charge in [-0.25, -0.2) is 4.98 Å². The molecule has 1 saturated carbocycles. The minimum absolute atomic E-state index is 0.0562. The molecule has 3 aromatic rings. The van der Waals surface area contributed by atoms with Crippen LogP contribution in [0.2, 0.25) is 0 Å². The van der Waals surface area contributed by atoms with Gasteiger partial charge in [0.25, 0.3) is 0 Å². The van der Waals surface area contributed by atoms with Crippen LogP contribution in [0.15, 0.2) is 48.6 Å². The highest BCUT2D eigenvalue weighted by atomic mass is 16.7. The molecule has 6 rings (SSSR count). The first kappa shape index (κ1) is 19.6. The summed E-state index contributed by atoms with van der Waals surface area (Å²) in [5, 5.41) is 10.2. The van der Waals surface area contributed by atoms with Gasteiger partial charge in [-0.15, -0.1) is 0 Å². The molecular weight excluding hydrogens is 402 g/mol. The van der Waals surface area contributed by atoms with Crippen molar-refractivity contribution in [1.29, 1.82) is 0 Å². The predicted octanol–water partition coefficient (Wildman–Crippen LogP) is 4.78. The molecule has 6 nitrogen and oxygen atoms in total. The second-order valence-electron chi connectivity index (χ2n) is 9.16. The number of fused-ring (bicyclic) bond motifs is 3. The summed E-state index contributed by atoms with van der Waals surface area (Å²) in [6, 6.07) is 12.2. The van der Waals surface area contributed by atoms with Crippen LogP contribution in [0.3, 0.4) is 0 Å². The van der Waals surface area contributed by atoms with Crippen molar-refractivity contribution in [3.8, 4) is 34.1 Å². The van der Waals surface area contributed by atoms with Crippen molar-refractivity contribution in [3.63, 3.8) is 0 Å². The fourth-order valence-corrected chi connectivity index (χ4v) is 5.38. The average Bonchev–Trinajstić information content (AvgIpc) is 3.39. The maximum atomic E-state index is 10.2. The summed E-state index contributed by atoms with van der Waals surface area (Å²) in [5.74, 6) is 2.63. The Labute approximate surface area is 187 Å². The van der Waals surface area contributed by atoms with E-state index in [1.165, 1.54) is 0 Å². The molecular formula is C26H27N3O3. The van der Waals surface area contributed by atoms with Crippen LogP contribution in [0.4, 0.5) is 0 Å². The zero-order valence-corrected chi connectivity index (χ0v) is 18.3. The number of benzene rings is 1. The lowest BCUT2D eigenvalue weighted by atomic mass is 9.70. The highest BCUT2D eigenvalue weighted by Crippen LogP contribution is 2.47. The minimum Gasteiger partial charge on any atom is -0.454 e. The summed E-state index contributed by atoms with van der Waals surface area (Å²) >= 11 is 0. The van der Waals surface area contributed by atoms with Crippen molar-refractivity contribution in [2.75, 3.05) is 6.79 Å². The molecule has 1 fully saturated rings. The third-order valence-electron chi connectivity index (χ3n) is 7.09. The van der Waals surface area contributed by atoms with E-state index in [1.54, 1.807) is 0 Å². The molecule has 0 unspecified atom stereocenters. The number of aryl methyl sites for hydroxylation is 1. The van der Waals surface area contributed by atoms with Gasteiger partial charge in [0.15, 0.2) is 11.5 Å². The summed E-state index contributed by atoms with van der Waals surface area (Å²) in [7, 11) is 0. The number of pyridine rings is 1. The van der Waals surface area contributed by atoms with Gasteiger partial charge < -0.3 is 19.1 Å². The average molecular weight is 430 g/mol. The smallest absolute Gasteiger partial charge is 0.231 e. The van der Waals surface area contributed by atoms with Crippen LogP contribution in [0, 0.1) is 6.92 Å². The number of aliphatic hydroxyl groups excluding tert-OH is 1. The first-order valence-electron chi connectivity index (χ1n) is 11.4. The number of nitrogens with zero attached hydrogens (tertiary/aromatic N) is 3. The summed E-state index contributed by atoms with van der Waals surface area (Å²) in [6.07, 6.45) is 8.80. The molecule has 32 heavy (non-hydrogen) atoms. The van der Waals surface area contributed by atoms with Crippen LogP contribution in [-0.4, -0.2) is 32.5 Å². The second kappa shape index (κ2) is 7.48. The van der Waals surface area contributed by atoms with Gasteiger partial charge >= 0.3 is 0 Å². The molecule has 0 radical (unpaired) electrons. The van der Waals surface area contributed by atoms with Gasteiger partial charge in [0.1, 0.15) is 5.82 Å². The molecule has 1 aromatic carbocycles. The fourth-order valence-electron chi connectivity index (χ4n) is 5.38. The van der Waals surface area contributed by atoms with E-state index in [4.69, 9.17) is 19.4 Å². The normalized spacial score (nSPS) is 23.9. The van der Waals surface area contributed by atoms with Gasteiger partial charge in [0, 0.05) is 23.2 Å². The van der Waals surface area contributed by atoms with Gasteiger partial charge in [-0.2, -0.15) is 0 Å². The Morgan fingerprint density at radius 2 is 1.88 bits per heavy atom. The van der Waals surface area contributed by atoms with Gasteiger partial charge in [-0.05, 0) is 69.4 Å². The Morgan fingerprint density at radius 1 is 1.03 bits per heavy atom. The molecule has 0 saturated heterocycles. The van der Waals surface area contributed by atoms with Gasteiger partial charge in [0.05, 0.1) is 23.2 Å². The Balaban J connectivity index is 1.58. The number of allylic oxidation sites excluding steroid dienone is 2. The molecule has 0 amide bonds. The first-order valence-corrected chi connectivity index (χ1v) is 11.4. The number of hydrogen-bond acceptors (Lipinski definition) is 5. The van der Waals surface area contributed by atoms with Crippen LogP contribution in [0.25, 0.3) is 22.6 Å². The highest BCUT2D eigenvalue weighted by molar-refractivity contribution is 5.79. The van der Waals surface area contributed by atoms with E-state index in [2.05, 4.69) is 34.9 Å². The van der Waals surface area contributed by atoms with Crippen LogP contribution in [0.1, 0.15) is 43.6 Å². The Hall–Kier alpha value is -3.12. The first-order chi connectivity index (χ1) is 15.6. The van der Waals surface area contributed by atoms with Crippen molar-refractivity contribution >= 4 is 0 Å². The molecule has 2 aliphatic heterocycles. The molecule has 1 spiro atoms. The topological polar surface area (TPSA) is 69.4 Å². The molecule has 6 heteroatoms. The van der Waals surface area contributed by atoms with E-state index >= 15 is 0 Å². The molecule has 3 aliphatic rings. The van der Waals surface area contributed by atoms with Crippen LogP contribution in [-0.2, 0) is 12.0 Å². The number of rotatable bonds is 2. The lowest BCUT2D eigenvalue weighted by molar-refractivity contribution is 0.0924. The summed E-state index contributed by atoms with van der Waals surface area (Å²) in [5.41, 5.74) is 4.83. The molecule has 164 valence electrons. The third kappa shape index (κ3) is 3.13. The van der Waals surface area contributed by atoms with Crippen molar-refractivity contribution in [1.82, 2.24) is 14.5 Å². The summed E-state index contributed by atoms with van der Waals surface area (Å²) < 4.78 is 13.5. The molecule has 4 heterocycles. The molecule has 1 aliphatic carbocycles. The van der Waals surface area contributed by atoms with E-state index in [9.17, 15) is 5.11 Å². The number of ether oxygens (including phenoxy) is 2. The van der Waals surface area contributed by atoms with Crippen molar-refractivity contribution < 1.29 is 14.6 Å². The second-order valence-corrected chi connectivity index (χ2v) is 9.16. The van der Waals surface area contributed by atoms with E-state index in [0.717, 1.165) is 84.3 Å². The Bertz CT molecular complexity index is 1210. The standard InChI is InChI=1S/C26H27N3O3/c1-17-5-4-6-20(27-17)24-23(18-7-8-21-22(15-18)32-16-31-21)28-25-26(11-2-3-14-29(24)25)12-9-19(30)10-13-26/h2-8,15,19,30H,9-14,16H2,1H3/t19-,26-. The number of hydrogen-bond donors (Lipinski definition) is 1. The van der Waals surface area contributed by atoms with Crippen LogP contribution in [0.5, 0.6) is 11.5 Å².